The average molecular weight is 246 g/mol. The van der Waals surface area contributed by atoms with Crippen LogP contribution in [0.2, 0.25) is 0 Å². The Labute approximate surface area is 105 Å². The van der Waals surface area contributed by atoms with Crippen molar-refractivity contribution in [3.63, 3.8) is 0 Å². The molecule has 0 saturated heterocycles. The van der Waals surface area contributed by atoms with Crippen LogP contribution < -0.4 is 11.1 Å². The Bertz CT molecular complexity index is 545. The van der Waals surface area contributed by atoms with Gasteiger partial charge in [-0.05, 0) is 19.1 Å². The molecule has 5 heteroatoms. The van der Waals surface area contributed by atoms with E-state index in [1.807, 2.05) is 49.0 Å². The molecule has 0 aliphatic rings. The van der Waals surface area contributed by atoms with Crippen LogP contribution in [0.3, 0.4) is 0 Å². The number of aryl methyl sites for hydroxylation is 2. The summed E-state index contributed by atoms with van der Waals surface area (Å²) < 4.78 is 1.82. The van der Waals surface area contributed by atoms with Crippen molar-refractivity contribution in [3.05, 3.63) is 36.0 Å². The number of anilines is 1. The number of thiocarbonyl (C=S) groups is 1. The average Bonchev–Trinajstić information content (AvgIpc) is 2.54. The first-order valence-corrected chi connectivity index (χ1v) is 5.66. The fourth-order valence-electron chi connectivity index (χ4n) is 1.86. The molecule has 0 unspecified atom stereocenters. The fraction of sp³-hybridized carbons (Fsp3) is 0.167. The summed E-state index contributed by atoms with van der Waals surface area (Å²) in [5, 5.41) is 7.61. The van der Waals surface area contributed by atoms with E-state index in [0.29, 0.717) is 0 Å². The van der Waals surface area contributed by atoms with Gasteiger partial charge in [-0.3, -0.25) is 4.68 Å². The molecule has 0 spiro atoms. The van der Waals surface area contributed by atoms with Crippen molar-refractivity contribution >= 4 is 23.0 Å². The third-order valence-corrected chi connectivity index (χ3v) is 2.62. The van der Waals surface area contributed by atoms with Crippen molar-refractivity contribution < 1.29 is 0 Å². The summed E-state index contributed by atoms with van der Waals surface area (Å²) >= 11 is 4.89. The fourth-order valence-corrected chi connectivity index (χ4v) is 1.96. The molecule has 0 bridgehead atoms. The molecule has 88 valence electrons. The maximum absolute atomic E-state index is 5.53. The van der Waals surface area contributed by atoms with E-state index in [9.17, 15) is 0 Å². The molecule has 0 amide bonds. The zero-order chi connectivity index (χ0) is 12.4. The number of hydrogen-bond acceptors (Lipinski definition) is 2. The lowest BCUT2D eigenvalue weighted by atomic mass is 10.1. The van der Waals surface area contributed by atoms with Crippen molar-refractivity contribution in [3.8, 4) is 11.3 Å². The first-order valence-electron chi connectivity index (χ1n) is 5.25. The summed E-state index contributed by atoms with van der Waals surface area (Å²) in [5.74, 6) is 0. The van der Waals surface area contributed by atoms with Crippen LogP contribution >= 0.6 is 12.2 Å². The number of benzene rings is 1. The third-order valence-electron chi connectivity index (χ3n) is 2.52. The molecule has 0 saturated carbocycles. The van der Waals surface area contributed by atoms with E-state index in [1.54, 1.807) is 0 Å². The van der Waals surface area contributed by atoms with Gasteiger partial charge in [-0.2, -0.15) is 5.10 Å². The van der Waals surface area contributed by atoms with Crippen LogP contribution in [-0.2, 0) is 7.05 Å². The minimum absolute atomic E-state index is 0.248. The molecular weight excluding hydrogens is 232 g/mol. The van der Waals surface area contributed by atoms with Gasteiger partial charge in [0.25, 0.3) is 0 Å². The quantitative estimate of drug-likeness (QED) is 0.796. The molecule has 4 nitrogen and oxygen atoms in total. The highest BCUT2D eigenvalue weighted by Gasteiger charge is 2.14. The first-order chi connectivity index (χ1) is 8.09. The topological polar surface area (TPSA) is 55.9 Å². The smallest absolute Gasteiger partial charge is 0.168 e. The van der Waals surface area contributed by atoms with E-state index in [1.165, 1.54) is 0 Å². The molecular formula is C12H14N4S. The first kappa shape index (κ1) is 11.6. The SMILES string of the molecule is Cc1nn(C)c(-c2ccccc2)c1NC(N)=S. The standard InChI is InChI=1S/C12H14N4S/c1-8-10(14-12(13)17)11(16(2)15-8)9-6-4-3-5-7-9/h3-7H,1-2H3,(H3,13,14,17). The molecule has 1 aromatic carbocycles. The van der Waals surface area contributed by atoms with Gasteiger partial charge >= 0.3 is 0 Å². The lowest BCUT2D eigenvalue weighted by molar-refractivity contribution is 0.764. The van der Waals surface area contributed by atoms with Crippen LogP contribution in [0, 0.1) is 6.92 Å². The van der Waals surface area contributed by atoms with Crippen LogP contribution in [0.5, 0.6) is 0 Å². The zero-order valence-corrected chi connectivity index (χ0v) is 10.6. The molecule has 3 N–H and O–H groups in total. The van der Waals surface area contributed by atoms with Gasteiger partial charge in [0.2, 0.25) is 0 Å². The van der Waals surface area contributed by atoms with E-state index < -0.39 is 0 Å². The number of nitrogens with two attached hydrogens (primary N) is 1. The summed E-state index contributed by atoms with van der Waals surface area (Å²) in [7, 11) is 1.90. The summed E-state index contributed by atoms with van der Waals surface area (Å²) in [6.45, 7) is 1.92. The summed E-state index contributed by atoms with van der Waals surface area (Å²) in [4.78, 5) is 0. The Hall–Kier alpha value is -1.88. The van der Waals surface area contributed by atoms with Gasteiger partial charge in [-0.1, -0.05) is 30.3 Å². The van der Waals surface area contributed by atoms with Crippen LogP contribution in [0.1, 0.15) is 5.69 Å². The van der Waals surface area contributed by atoms with Crippen molar-refractivity contribution in [2.75, 3.05) is 5.32 Å². The Morgan fingerprint density at radius 2 is 2.00 bits per heavy atom. The molecule has 2 rings (SSSR count). The third kappa shape index (κ3) is 2.29. The largest absolute Gasteiger partial charge is 0.376 e. The van der Waals surface area contributed by atoms with Crippen molar-refractivity contribution in [1.29, 1.82) is 0 Å². The second kappa shape index (κ2) is 4.55. The van der Waals surface area contributed by atoms with Gasteiger partial charge in [0.15, 0.2) is 5.11 Å². The summed E-state index contributed by atoms with van der Waals surface area (Å²) in [5.41, 5.74) is 9.33. The minimum atomic E-state index is 0.248. The van der Waals surface area contributed by atoms with E-state index >= 15 is 0 Å². The monoisotopic (exact) mass is 246 g/mol. The maximum Gasteiger partial charge on any atom is 0.168 e. The number of rotatable bonds is 2. The van der Waals surface area contributed by atoms with Crippen molar-refractivity contribution in [2.24, 2.45) is 12.8 Å². The zero-order valence-electron chi connectivity index (χ0n) is 9.77. The highest BCUT2D eigenvalue weighted by molar-refractivity contribution is 7.80. The van der Waals surface area contributed by atoms with Gasteiger partial charge in [0.05, 0.1) is 17.1 Å². The molecule has 0 aliphatic carbocycles. The molecule has 0 aliphatic heterocycles. The number of nitrogens with zero attached hydrogens (tertiary/aromatic N) is 2. The van der Waals surface area contributed by atoms with Gasteiger partial charge in [-0.15, -0.1) is 0 Å². The molecule has 17 heavy (non-hydrogen) atoms. The summed E-state index contributed by atoms with van der Waals surface area (Å²) in [6.07, 6.45) is 0. The number of aromatic nitrogens is 2. The Morgan fingerprint density at radius 3 is 2.59 bits per heavy atom. The number of nitrogens with one attached hydrogen (secondary N) is 1. The predicted molar refractivity (Wildman–Crippen MR) is 73.8 cm³/mol. The minimum Gasteiger partial charge on any atom is -0.376 e. The Balaban J connectivity index is 2.56. The van der Waals surface area contributed by atoms with E-state index in [-0.39, 0.29) is 5.11 Å². The van der Waals surface area contributed by atoms with E-state index in [0.717, 1.165) is 22.6 Å². The van der Waals surface area contributed by atoms with Gasteiger partial charge in [0, 0.05) is 12.6 Å². The van der Waals surface area contributed by atoms with Crippen LogP contribution in [0.4, 0.5) is 5.69 Å². The molecule has 1 aromatic heterocycles. The highest BCUT2D eigenvalue weighted by Crippen LogP contribution is 2.29. The maximum atomic E-state index is 5.53. The van der Waals surface area contributed by atoms with E-state index in [4.69, 9.17) is 18.0 Å². The van der Waals surface area contributed by atoms with Crippen molar-refractivity contribution in [2.45, 2.75) is 6.92 Å². The highest BCUT2D eigenvalue weighted by atomic mass is 32.1. The van der Waals surface area contributed by atoms with Crippen LogP contribution in [0.25, 0.3) is 11.3 Å². The molecule has 0 radical (unpaired) electrons. The molecule has 2 aromatic rings. The predicted octanol–water partition coefficient (Wildman–Crippen LogP) is 2.05. The molecule has 0 fully saturated rings. The van der Waals surface area contributed by atoms with Crippen LogP contribution in [-0.4, -0.2) is 14.9 Å². The van der Waals surface area contributed by atoms with Gasteiger partial charge in [0.1, 0.15) is 0 Å². The van der Waals surface area contributed by atoms with Crippen LogP contribution in [0.15, 0.2) is 30.3 Å². The normalized spacial score (nSPS) is 10.2. The number of hydrogen-bond donors (Lipinski definition) is 2. The van der Waals surface area contributed by atoms with Gasteiger partial charge in [-0.25, -0.2) is 0 Å². The Kier molecular flexibility index (Phi) is 3.10. The second-order valence-electron chi connectivity index (χ2n) is 3.79. The second-order valence-corrected chi connectivity index (χ2v) is 4.23. The lowest BCUT2D eigenvalue weighted by Crippen LogP contribution is -2.19. The molecule has 0 atom stereocenters. The van der Waals surface area contributed by atoms with Gasteiger partial charge < -0.3 is 11.1 Å². The van der Waals surface area contributed by atoms with Crippen molar-refractivity contribution in [1.82, 2.24) is 9.78 Å². The molecule has 1 heterocycles. The Morgan fingerprint density at radius 1 is 1.35 bits per heavy atom. The van der Waals surface area contributed by atoms with E-state index in [2.05, 4.69) is 10.4 Å². The summed E-state index contributed by atoms with van der Waals surface area (Å²) in [6, 6.07) is 10.0. The lowest BCUT2D eigenvalue weighted by Gasteiger charge is -2.07.